The summed E-state index contributed by atoms with van der Waals surface area (Å²) in [7, 11) is 0. The molecule has 0 aromatic rings. The maximum absolute atomic E-state index is 10.0. The van der Waals surface area contributed by atoms with Gasteiger partial charge < -0.3 is 25.8 Å². The molecule has 0 saturated carbocycles. The molecular weight excluding hydrogens is 214 g/mol. The number of aliphatic carboxylic acids is 1. The van der Waals surface area contributed by atoms with Gasteiger partial charge in [-0.05, 0) is 12.8 Å². The van der Waals surface area contributed by atoms with Crippen molar-refractivity contribution in [2.75, 3.05) is 0 Å². The van der Waals surface area contributed by atoms with Gasteiger partial charge in [-0.1, -0.05) is 13.8 Å². The van der Waals surface area contributed by atoms with Crippen molar-refractivity contribution >= 4 is 11.9 Å². The van der Waals surface area contributed by atoms with Crippen LogP contribution >= 0.6 is 0 Å². The van der Waals surface area contributed by atoms with E-state index in [1.54, 1.807) is 13.8 Å². The van der Waals surface area contributed by atoms with Crippen molar-refractivity contribution in [1.29, 1.82) is 0 Å². The first-order valence-corrected chi connectivity index (χ1v) is 5.17. The highest BCUT2D eigenvalue weighted by Gasteiger charge is 2.02. The summed E-state index contributed by atoms with van der Waals surface area (Å²) < 4.78 is 0. The van der Waals surface area contributed by atoms with E-state index < -0.39 is 24.1 Å². The maximum Gasteiger partial charge on any atom is 0.220 e. The highest BCUT2D eigenvalue weighted by Crippen LogP contribution is 1.93. The molecular formula is C10H20NO5-. The lowest BCUT2D eigenvalue weighted by atomic mass is 10.2. The van der Waals surface area contributed by atoms with Gasteiger partial charge in [0.05, 0.1) is 18.6 Å². The molecule has 0 spiro atoms. The standard InChI is InChI=1S/C5H11NO2.C5H10O3/c1-2-4(7)3-5(6)8;1-2-4(6)3-5(7)8/h4,7H,2-3H2,1H3,(H2,6,8);4,6H,2-3H2,1H3,(H,7,8)/p-1. The van der Waals surface area contributed by atoms with Crippen LogP contribution in [0, 0.1) is 0 Å². The molecule has 2 atom stereocenters. The summed E-state index contributed by atoms with van der Waals surface area (Å²) in [6.45, 7) is 3.52. The molecule has 1 amide bonds. The zero-order chi connectivity index (χ0) is 13.1. The molecule has 0 aliphatic carbocycles. The molecule has 0 rings (SSSR count). The first-order chi connectivity index (χ1) is 7.33. The molecule has 0 saturated heterocycles. The van der Waals surface area contributed by atoms with Crippen molar-refractivity contribution in [3.8, 4) is 0 Å². The Bertz CT molecular complexity index is 185. The lowest BCUT2D eigenvalue weighted by Crippen LogP contribution is -2.26. The molecule has 0 aliphatic rings. The topological polar surface area (TPSA) is 124 Å². The largest absolute Gasteiger partial charge is 0.550 e. The normalized spacial score (nSPS) is 13.2. The molecule has 0 heterocycles. The molecule has 0 aliphatic heterocycles. The zero-order valence-electron chi connectivity index (χ0n) is 9.68. The Morgan fingerprint density at radius 3 is 1.62 bits per heavy atom. The van der Waals surface area contributed by atoms with Gasteiger partial charge in [0, 0.05) is 12.4 Å². The highest BCUT2D eigenvalue weighted by molar-refractivity contribution is 5.74. The molecule has 6 nitrogen and oxygen atoms in total. The van der Waals surface area contributed by atoms with E-state index >= 15 is 0 Å². The van der Waals surface area contributed by atoms with E-state index in [1.807, 2.05) is 0 Å². The quantitative estimate of drug-likeness (QED) is 0.517. The second kappa shape index (κ2) is 10.4. The summed E-state index contributed by atoms with van der Waals surface area (Å²) in [4.78, 5) is 19.7. The number of carboxylic acids is 1. The Balaban J connectivity index is 0. The second-order valence-corrected chi connectivity index (χ2v) is 3.37. The number of aliphatic hydroxyl groups excluding tert-OH is 2. The van der Waals surface area contributed by atoms with Crippen LogP contribution in [0.5, 0.6) is 0 Å². The average molecular weight is 234 g/mol. The van der Waals surface area contributed by atoms with Crippen LogP contribution in [-0.4, -0.2) is 34.3 Å². The molecule has 6 heteroatoms. The van der Waals surface area contributed by atoms with E-state index in [-0.39, 0.29) is 12.8 Å². The van der Waals surface area contributed by atoms with Crippen LogP contribution in [0.4, 0.5) is 0 Å². The Labute approximate surface area is 95.1 Å². The van der Waals surface area contributed by atoms with Crippen molar-refractivity contribution < 1.29 is 24.9 Å². The Kier molecular flexibility index (Phi) is 11.2. The molecule has 0 fully saturated rings. The third kappa shape index (κ3) is 15.3. The minimum atomic E-state index is -1.20. The highest BCUT2D eigenvalue weighted by atomic mass is 16.4. The van der Waals surface area contributed by atoms with Gasteiger partial charge in [0.25, 0.3) is 0 Å². The number of hydrogen-bond donors (Lipinski definition) is 3. The number of aliphatic hydroxyl groups is 2. The Morgan fingerprint density at radius 1 is 1.12 bits per heavy atom. The third-order valence-corrected chi connectivity index (χ3v) is 1.78. The first-order valence-electron chi connectivity index (χ1n) is 5.17. The summed E-state index contributed by atoms with van der Waals surface area (Å²) >= 11 is 0. The van der Waals surface area contributed by atoms with E-state index in [2.05, 4.69) is 0 Å². The number of rotatable bonds is 6. The van der Waals surface area contributed by atoms with Crippen LogP contribution in [0.25, 0.3) is 0 Å². The molecule has 0 aromatic heterocycles. The van der Waals surface area contributed by atoms with Gasteiger partial charge in [0.1, 0.15) is 0 Å². The van der Waals surface area contributed by atoms with Crippen LogP contribution in [-0.2, 0) is 9.59 Å². The van der Waals surface area contributed by atoms with Crippen molar-refractivity contribution in [1.82, 2.24) is 0 Å². The summed E-state index contributed by atoms with van der Waals surface area (Å²) in [6, 6.07) is 0. The predicted octanol–water partition coefficient (Wildman–Crippen LogP) is -1.47. The smallest absolute Gasteiger partial charge is 0.220 e. The molecule has 96 valence electrons. The fourth-order valence-corrected chi connectivity index (χ4v) is 0.713. The van der Waals surface area contributed by atoms with Gasteiger partial charge in [0.15, 0.2) is 0 Å². The number of carbonyl (C=O) groups excluding carboxylic acids is 2. The monoisotopic (exact) mass is 234 g/mol. The number of amides is 1. The summed E-state index contributed by atoms with van der Waals surface area (Å²) in [5.41, 5.74) is 4.77. The van der Waals surface area contributed by atoms with Gasteiger partial charge in [-0.25, -0.2) is 0 Å². The second-order valence-electron chi connectivity index (χ2n) is 3.37. The first kappa shape index (κ1) is 17.3. The van der Waals surface area contributed by atoms with Crippen molar-refractivity contribution in [3.63, 3.8) is 0 Å². The molecule has 0 aromatic carbocycles. The fraction of sp³-hybridized carbons (Fsp3) is 0.800. The molecule has 4 N–H and O–H groups in total. The van der Waals surface area contributed by atoms with Crippen LogP contribution < -0.4 is 10.8 Å². The Hall–Kier alpha value is -1.14. The Morgan fingerprint density at radius 2 is 1.50 bits per heavy atom. The number of carbonyl (C=O) groups is 2. The predicted molar refractivity (Wildman–Crippen MR) is 56.0 cm³/mol. The lowest BCUT2D eigenvalue weighted by molar-refractivity contribution is -0.307. The van der Waals surface area contributed by atoms with E-state index in [1.165, 1.54) is 0 Å². The van der Waals surface area contributed by atoms with E-state index in [0.29, 0.717) is 12.8 Å². The van der Waals surface area contributed by atoms with Crippen molar-refractivity contribution in [2.24, 2.45) is 5.73 Å². The van der Waals surface area contributed by atoms with E-state index in [4.69, 9.17) is 15.9 Å². The van der Waals surface area contributed by atoms with Crippen molar-refractivity contribution in [2.45, 2.75) is 51.7 Å². The minimum absolute atomic E-state index is 0.0799. The number of nitrogens with two attached hydrogens (primary N) is 1. The molecule has 2 unspecified atom stereocenters. The molecule has 0 radical (unpaired) electrons. The number of hydrogen-bond acceptors (Lipinski definition) is 5. The van der Waals surface area contributed by atoms with Crippen LogP contribution in [0.2, 0.25) is 0 Å². The van der Waals surface area contributed by atoms with Gasteiger partial charge in [0.2, 0.25) is 5.91 Å². The van der Waals surface area contributed by atoms with E-state index in [9.17, 15) is 14.7 Å². The summed E-state index contributed by atoms with van der Waals surface area (Å²) in [6.07, 6.45) is -0.406. The van der Waals surface area contributed by atoms with Crippen LogP contribution in [0.3, 0.4) is 0 Å². The van der Waals surface area contributed by atoms with Crippen molar-refractivity contribution in [3.05, 3.63) is 0 Å². The molecule has 0 bridgehead atoms. The summed E-state index contributed by atoms with van der Waals surface area (Å²) in [5.74, 6) is -1.64. The summed E-state index contributed by atoms with van der Waals surface area (Å²) in [5, 5.41) is 27.0. The van der Waals surface area contributed by atoms with Gasteiger partial charge >= 0.3 is 0 Å². The van der Waals surface area contributed by atoms with Crippen LogP contribution in [0.15, 0.2) is 0 Å². The zero-order valence-corrected chi connectivity index (χ0v) is 9.68. The average Bonchev–Trinajstić information content (AvgIpc) is 2.16. The third-order valence-electron chi connectivity index (χ3n) is 1.78. The SMILES string of the molecule is CCC(O)CC(=O)[O-].CCC(O)CC(N)=O. The van der Waals surface area contributed by atoms with Gasteiger partial charge in [-0.15, -0.1) is 0 Å². The van der Waals surface area contributed by atoms with Gasteiger partial charge in [-0.3, -0.25) is 4.79 Å². The maximum atomic E-state index is 10.0. The number of primary amides is 1. The molecule has 16 heavy (non-hydrogen) atoms. The van der Waals surface area contributed by atoms with E-state index in [0.717, 1.165) is 0 Å². The van der Waals surface area contributed by atoms with Crippen LogP contribution in [0.1, 0.15) is 39.5 Å². The van der Waals surface area contributed by atoms with Gasteiger partial charge in [-0.2, -0.15) is 0 Å². The fourth-order valence-electron chi connectivity index (χ4n) is 0.713. The minimum Gasteiger partial charge on any atom is -0.550 e. The lowest BCUT2D eigenvalue weighted by Gasteiger charge is -2.06. The number of carboxylic acid groups (broad SMARTS) is 1.